The summed E-state index contributed by atoms with van der Waals surface area (Å²) in [6, 6.07) is 0. The first-order valence-electron chi connectivity index (χ1n) is 5.16. The molecule has 18 heavy (non-hydrogen) atoms. The third-order valence-electron chi connectivity index (χ3n) is 3.38. The van der Waals surface area contributed by atoms with Gasteiger partial charge in [0, 0.05) is 0 Å². The standard InChI is InChI=1S/C10H12O8/c11-6(12)4-1-2-5(7(13)14)10(3-4,8(15)16)9(17)18/h4-5H,1-3H2,(H,11,12)(H,13,14)(H,15,16)(H,17,18). The molecule has 2 unspecified atom stereocenters. The van der Waals surface area contributed by atoms with E-state index in [0.29, 0.717) is 0 Å². The Morgan fingerprint density at radius 3 is 1.67 bits per heavy atom. The van der Waals surface area contributed by atoms with Crippen LogP contribution in [0, 0.1) is 17.3 Å². The van der Waals surface area contributed by atoms with Crippen LogP contribution in [0.15, 0.2) is 0 Å². The van der Waals surface area contributed by atoms with Crippen LogP contribution in [0.25, 0.3) is 0 Å². The molecule has 2 atom stereocenters. The van der Waals surface area contributed by atoms with Crippen LogP contribution in [-0.2, 0) is 19.2 Å². The molecule has 0 radical (unpaired) electrons. The number of aliphatic carboxylic acids is 4. The van der Waals surface area contributed by atoms with E-state index in [2.05, 4.69) is 0 Å². The van der Waals surface area contributed by atoms with Gasteiger partial charge >= 0.3 is 23.9 Å². The molecule has 0 amide bonds. The van der Waals surface area contributed by atoms with Crippen molar-refractivity contribution in [2.75, 3.05) is 0 Å². The van der Waals surface area contributed by atoms with E-state index < -0.39 is 47.5 Å². The van der Waals surface area contributed by atoms with Crippen molar-refractivity contribution < 1.29 is 39.6 Å². The van der Waals surface area contributed by atoms with Gasteiger partial charge in [-0.05, 0) is 19.3 Å². The van der Waals surface area contributed by atoms with Crippen LogP contribution in [0.4, 0.5) is 0 Å². The summed E-state index contributed by atoms with van der Waals surface area (Å²) in [4.78, 5) is 44.1. The largest absolute Gasteiger partial charge is 0.481 e. The lowest BCUT2D eigenvalue weighted by atomic mass is 9.62. The Labute approximate surface area is 101 Å². The molecule has 8 nitrogen and oxygen atoms in total. The molecule has 1 fully saturated rings. The SMILES string of the molecule is O=C(O)C1CCC(C(=O)O)C(C(=O)O)(C(=O)O)C1. The van der Waals surface area contributed by atoms with Crippen LogP contribution >= 0.6 is 0 Å². The van der Waals surface area contributed by atoms with Gasteiger partial charge in [0.05, 0.1) is 11.8 Å². The Morgan fingerprint density at radius 2 is 1.33 bits per heavy atom. The van der Waals surface area contributed by atoms with Crippen LogP contribution in [0.2, 0.25) is 0 Å². The molecule has 0 saturated heterocycles. The quantitative estimate of drug-likeness (QED) is 0.504. The maximum Gasteiger partial charge on any atom is 0.321 e. The molecular weight excluding hydrogens is 248 g/mol. The van der Waals surface area contributed by atoms with Crippen LogP contribution in [0.3, 0.4) is 0 Å². The second-order valence-corrected chi connectivity index (χ2v) is 4.29. The Morgan fingerprint density at radius 1 is 0.833 bits per heavy atom. The van der Waals surface area contributed by atoms with E-state index in [9.17, 15) is 19.2 Å². The van der Waals surface area contributed by atoms with Crippen LogP contribution in [0.1, 0.15) is 19.3 Å². The topological polar surface area (TPSA) is 149 Å². The normalized spacial score (nSPS) is 26.2. The zero-order valence-corrected chi connectivity index (χ0v) is 9.20. The summed E-state index contributed by atoms with van der Waals surface area (Å²) >= 11 is 0. The first-order chi connectivity index (χ1) is 8.23. The van der Waals surface area contributed by atoms with Crippen molar-refractivity contribution in [3.63, 3.8) is 0 Å². The van der Waals surface area contributed by atoms with Gasteiger partial charge in [-0.3, -0.25) is 19.2 Å². The molecule has 1 rings (SSSR count). The van der Waals surface area contributed by atoms with Gasteiger partial charge in [-0.1, -0.05) is 0 Å². The van der Waals surface area contributed by atoms with Crippen LogP contribution in [-0.4, -0.2) is 44.3 Å². The zero-order valence-electron chi connectivity index (χ0n) is 9.20. The van der Waals surface area contributed by atoms with Gasteiger partial charge in [0.15, 0.2) is 5.41 Å². The molecule has 0 aromatic rings. The molecule has 1 aliphatic rings. The maximum absolute atomic E-state index is 11.2. The monoisotopic (exact) mass is 260 g/mol. The van der Waals surface area contributed by atoms with Gasteiger partial charge in [-0.15, -0.1) is 0 Å². The van der Waals surface area contributed by atoms with E-state index in [1.54, 1.807) is 0 Å². The second-order valence-electron chi connectivity index (χ2n) is 4.29. The zero-order chi connectivity index (χ0) is 14.1. The Bertz CT molecular complexity index is 398. The summed E-state index contributed by atoms with van der Waals surface area (Å²) < 4.78 is 0. The summed E-state index contributed by atoms with van der Waals surface area (Å²) in [5, 5.41) is 35.8. The Balaban J connectivity index is 3.26. The minimum atomic E-state index is -2.58. The highest BCUT2D eigenvalue weighted by Gasteiger charge is 2.60. The fraction of sp³-hybridized carbons (Fsp3) is 0.600. The van der Waals surface area contributed by atoms with Crippen molar-refractivity contribution in [2.45, 2.75) is 19.3 Å². The fourth-order valence-corrected chi connectivity index (χ4v) is 2.36. The van der Waals surface area contributed by atoms with Gasteiger partial charge in [-0.25, -0.2) is 0 Å². The van der Waals surface area contributed by atoms with Crippen LogP contribution in [0.5, 0.6) is 0 Å². The lowest BCUT2D eigenvalue weighted by molar-refractivity contribution is -0.182. The number of carboxylic acids is 4. The van der Waals surface area contributed by atoms with E-state index in [4.69, 9.17) is 20.4 Å². The summed E-state index contributed by atoms with van der Waals surface area (Å²) in [5.74, 6) is -9.26. The lowest BCUT2D eigenvalue weighted by Crippen LogP contribution is -2.53. The van der Waals surface area contributed by atoms with Gasteiger partial charge in [0.25, 0.3) is 0 Å². The molecular formula is C10H12O8. The Kier molecular flexibility index (Phi) is 3.59. The Hall–Kier alpha value is -2.12. The minimum Gasteiger partial charge on any atom is -0.481 e. The third-order valence-corrected chi connectivity index (χ3v) is 3.38. The van der Waals surface area contributed by atoms with Crippen molar-refractivity contribution >= 4 is 23.9 Å². The highest BCUT2D eigenvalue weighted by atomic mass is 16.4. The van der Waals surface area contributed by atoms with Crippen molar-refractivity contribution in [1.29, 1.82) is 0 Å². The fourth-order valence-electron chi connectivity index (χ4n) is 2.36. The lowest BCUT2D eigenvalue weighted by Gasteiger charge is -2.37. The molecule has 0 heterocycles. The molecule has 0 spiro atoms. The number of carbonyl (C=O) groups is 4. The molecule has 0 aromatic carbocycles. The highest BCUT2D eigenvalue weighted by Crippen LogP contribution is 2.45. The predicted octanol–water partition coefficient (Wildman–Crippen LogP) is -0.273. The van der Waals surface area contributed by atoms with E-state index in [1.165, 1.54) is 0 Å². The van der Waals surface area contributed by atoms with Crippen molar-refractivity contribution in [3.8, 4) is 0 Å². The molecule has 8 heteroatoms. The van der Waals surface area contributed by atoms with Crippen LogP contribution < -0.4 is 0 Å². The van der Waals surface area contributed by atoms with Crippen molar-refractivity contribution in [3.05, 3.63) is 0 Å². The molecule has 1 saturated carbocycles. The molecule has 0 bridgehead atoms. The number of hydrogen-bond donors (Lipinski definition) is 4. The average molecular weight is 260 g/mol. The number of carboxylic acid groups (broad SMARTS) is 4. The molecule has 0 aromatic heterocycles. The van der Waals surface area contributed by atoms with Gasteiger partial charge in [0.2, 0.25) is 0 Å². The summed E-state index contributed by atoms with van der Waals surface area (Å²) in [6.45, 7) is 0. The van der Waals surface area contributed by atoms with E-state index in [1.807, 2.05) is 0 Å². The summed E-state index contributed by atoms with van der Waals surface area (Å²) in [7, 11) is 0. The van der Waals surface area contributed by atoms with Gasteiger partial charge in [-0.2, -0.15) is 0 Å². The maximum atomic E-state index is 11.2. The third kappa shape index (κ3) is 2.01. The smallest absolute Gasteiger partial charge is 0.321 e. The first kappa shape index (κ1) is 13.9. The van der Waals surface area contributed by atoms with E-state index in [-0.39, 0.29) is 12.8 Å². The molecule has 4 N–H and O–H groups in total. The average Bonchev–Trinajstić information content (AvgIpc) is 2.26. The molecule has 100 valence electrons. The van der Waals surface area contributed by atoms with Crippen molar-refractivity contribution in [2.24, 2.45) is 17.3 Å². The molecule has 0 aliphatic heterocycles. The van der Waals surface area contributed by atoms with E-state index in [0.717, 1.165) is 0 Å². The summed E-state index contributed by atoms with van der Waals surface area (Å²) in [6.07, 6.45) is -1.05. The second kappa shape index (κ2) is 4.63. The van der Waals surface area contributed by atoms with Crippen molar-refractivity contribution in [1.82, 2.24) is 0 Å². The predicted molar refractivity (Wildman–Crippen MR) is 53.8 cm³/mol. The highest BCUT2D eigenvalue weighted by molar-refractivity contribution is 6.03. The minimum absolute atomic E-state index is 0.0470. The first-order valence-corrected chi connectivity index (χ1v) is 5.16. The molecule has 1 aliphatic carbocycles. The van der Waals surface area contributed by atoms with E-state index >= 15 is 0 Å². The summed E-state index contributed by atoms with van der Waals surface area (Å²) in [5.41, 5.74) is -2.58. The van der Waals surface area contributed by atoms with Gasteiger partial charge in [0.1, 0.15) is 0 Å². The number of hydrogen-bond acceptors (Lipinski definition) is 4. The van der Waals surface area contributed by atoms with Gasteiger partial charge < -0.3 is 20.4 Å². The number of rotatable bonds is 4.